The summed E-state index contributed by atoms with van der Waals surface area (Å²) in [6.45, 7) is 0. The third-order valence-electron chi connectivity index (χ3n) is 3.04. The van der Waals surface area contributed by atoms with Gasteiger partial charge >= 0.3 is 11.9 Å². The van der Waals surface area contributed by atoms with Crippen LogP contribution >= 0.6 is 0 Å². The van der Waals surface area contributed by atoms with E-state index < -0.39 is 22.1 Å². The van der Waals surface area contributed by atoms with Gasteiger partial charge in [-0.25, -0.2) is 0 Å². The second kappa shape index (κ2) is 7.90. The fourth-order valence-electron chi connectivity index (χ4n) is 2.05. The smallest absolute Gasteiger partial charge is 0.303 e. The summed E-state index contributed by atoms with van der Waals surface area (Å²) in [6.07, 6.45) is 1.34. The van der Waals surface area contributed by atoms with Crippen LogP contribution < -0.4 is 0 Å². The van der Waals surface area contributed by atoms with Gasteiger partial charge in [-0.1, -0.05) is 6.07 Å². The topological polar surface area (TPSA) is 129 Å². The maximum atomic E-state index is 11.3. The van der Waals surface area contributed by atoms with Gasteiger partial charge in [-0.15, -0.1) is 0 Å². The number of carboxylic acid groups (broad SMARTS) is 2. The van der Waals surface area contributed by atoms with E-state index >= 15 is 0 Å². The van der Waals surface area contributed by atoms with Crippen molar-refractivity contribution in [2.24, 2.45) is 0 Å². The number of rotatable bonds is 9. The zero-order valence-electron chi connectivity index (χ0n) is 11.9. The van der Waals surface area contributed by atoms with Crippen LogP contribution in [0.4, 0.5) is 0 Å². The predicted octanol–water partition coefficient (Wildman–Crippen LogP) is 1.75. The molecule has 1 rings (SSSR count). The van der Waals surface area contributed by atoms with Gasteiger partial charge in [0.25, 0.3) is 10.1 Å². The van der Waals surface area contributed by atoms with Crippen LogP contribution in [0.3, 0.4) is 0 Å². The molecule has 0 saturated heterocycles. The normalized spacial score (nSPS) is 11.3. The molecule has 7 nitrogen and oxygen atoms in total. The Morgan fingerprint density at radius 2 is 1.27 bits per heavy atom. The highest BCUT2D eigenvalue weighted by molar-refractivity contribution is 7.85. The Bertz CT molecular complexity index is 611. The van der Waals surface area contributed by atoms with Crippen LogP contribution in [0.1, 0.15) is 36.8 Å². The molecular formula is C14H18O7S. The molecule has 0 aliphatic heterocycles. The first kappa shape index (κ1) is 18.1. The highest BCUT2D eigenvalue weighted by Crippen LogP contribution is 2.18. The largest absolute Gasteiger partial charge is 0.481 e. The summed E-state index contributed by atoms with van der Waals surface area (Å²) in [5.41, 5.74) is 1.20. The Kier molecular flexibility index (Phi) is 6.51. The number of aryl methyl sites for hydroxylation is 2. The van der Waals surface area contributed by atoms with E-state index in [1.165, 1.54) is 12.1 Å². The fraction of sp³-hybridized carbons (Fsp3) is 0.429. The second-order valence-electron chi connectivity index (χ2n) is 4.95. The molecule has 0 spiro atoms. The predicted molar refractivity (Wildman–Crippen MR) is 77.4 cm³/mol. The van der Waals surface area contributed by atoms with Crippen LogP contribution in [0.15, 0.2) is 23.1 Å². The number of hydrogen-bond acceptors (Lipinski definition) is 4. The molecule has 0 amide bonds. The molecule has 122 valence electrons. The van der Waals surface area contributed by atoms with Crippen molar-refractivity contribution in [3.05, 3.63) is 29.3 Å². The SMILES string of the molecule is O=C(O)CCCc1cc(CCCC(=O)O)cc(S(=O)(=O)O)c1. The minimum atomic E-state index is -4.36. The molecule has 1 aromatic rings. The summed E-state index contributed by atoms with van der Waals surface area (Å²) < 4.78 is 31.7. The number of carboxylic acids is 2. The Morgan fingerprint density at radius 1 is 0.864 bits per heavy atom. The molecule has 0 fully saturated rings. The second-order valence-corrected chi connectivity index (χ2v) is 6.38. The lowest BCUT2D eigenvalue weighted by atomic mass is 10.0. The summed E-state index contributed by atoms with van der Waals surface area (Å²) in [5.74, 6) is -1.87. The Morgan fingerprint density at radius 3 is 1.59 bits per heavy atom. The molecule has 1 aromatic carbocycles. The third-order valence-corrected chi connectivity index (χ3v) is 3.87. The molecule has 0 aromatic heterocycles. The van der Waals surface area contributed by atoms with Crippen molar-refractivity contribution < 1.29 is 32.8 Å². The molecule has 0 unspecified atom stereocenters. The summed E-state index contributed by atoms with van der Waals surface area (Å²) in [4.78, 5) is 20.7. The lowest BCUT2D eigenvalue weighted by molar-refractivity contribution is -0.138. The molecule has 8 heteroatoms. The van der Waals surface area contributed by atoms with Crippen molar-refractivity contribution in [3.8, 4) is 0 Å². The summed E-state index contributed by atoms with van der Waals surface area (Å²) in [7, 11) is -4.36. The van der Waals surface area contributed by atoms with Gasteiger partial charge in [0.05, 0.1) is 4.90 Å². The minimum Gasteiger partial charge on any atom is -0.481 e. The number of benzene rings is 1. The first-order chi connectivity index (χ1) is 10.2. The van der Waals surface area contributed by atoms with Crippen molar-refractivity contribution in [1.29, 1.82) is 0 Å². The average Bonchev–Trinajstić information content (AvgIpc) is 2.36. The van der Waals surface area contributed by atoms with E-state index in [0.29, 0.717) is 36.8 Å². The monoisotopic (exact) mass is 330 g/mol. The van der Waals surface area contributed by atoms with E-state index in [0.717, 1.165) is 0 Å². The quantitative estimate of drug-likeness (QED) is 0.588. The zero-order valence-corrected chi connectivity index (χ0v) is 12.7. The van der Waals surface area contributed by atoms with Gasteiger partial charge in [-0.05, 0) is 48.9 Å². The van der Waals surface area contributed by atoms with E-state index in [1.54, 1.807) is 6.07 Å². The van der Waals surface area contributed by atoms with Gasteiger partial charge in [0.1, 0.15) is 0 Å². The standard InChI is InChI=1S/C14H18O7S/c15-13(16)5-1-3-10-7-11(4-2-6-14(17)18)9-12(8-10)22(19,20)21/h7-9H,1-6H2,(H,15,16)(H,17,18)(H,19,20,21). The molecule has 0 aliphatic carbocycles. The highest BCUT2D eigenvalue weighted by Gasteiger charge is 2.13. The van der Waals surface area contributed by atoms with E-state index in [4.69, 9.17) is 14.8 Å². The first-order valence-corrected chi connectivity index (χ1v) is 8.16. The maximum absolute atomic E-state index is 11.3. The lowest BCUT2D eigenvalue weighted by Gasteiger charge is -2.08. The fourth-order valence-corrected chi connectivity index (χ4v) is 2.65. The summed E-state index contributed by atoms with van der Waals surface area (Å²) in [5, 5.41) is 17.2. The number of carbonyl (C=O) groups is 2. The van der Waals surface area contributed by atoms with Crippen LogP contribution in [0.25, 0.3) is 0 Å². The molecule has 22 heavy (non-hydrogen) atoms. The van der Waals surface area contributed by atoms with Gasteiger partial charge < -0.3 is 10.2 Å². The number of hydrogen-bond donors (Lipinski definition) is 3. The minimum absolute atomic E-state index is 0.0373. The van der Waals surface area contributed by atoms with Crippen molar-refractivity contribution in [2.45, 2.75) is 43.4 Å². The summed E-state index contributed by atoms with van der Waals surface area (Å²) >= 11 is 0. The van der Waals surface area contributed by atoms with Gasteiger partial charge in [-0.2, -0.15) is 8.42 Å². The molecule has 0 radical (unpaired) electrons. The van der Waals surface area contributed by atoms with Gasteiger partial charge in [0.2, 0.25) is 0 Å². The Hall–Kier alpha value is -1.93. The molecular weight excluding hydrogens is 312 g/mol. The van der Waals surface area contributed by atoms with E-state index in [1.807, 2.05) is 0 Å². The van der Waals surface area contributed by atoms with E-state index in [-0.39, 0.29) is 17.7 Å². The maximum Gasteiger partial charge on any atom is 0.303 e. The van der Waals surface area contributed by atoms with Crippen LogP contribution in [-0.2, 0) is 32.5 Å². The molecule has 0 atom stereocenters. The summed E-state index contributed by atoms with van der Waals surface area (Å²) in [6, 6.07) is 4.31. The Balaban J connectivity index is 2.90. The van der Waals surface area contributed by atoms with Gasteiger partial charge in [0.15, 0.2) is 0 Å². The van der Waals surface area contributed by atoms with Crippen LogP contribution in [0.2, 0.25) is 0 Å². The first-order valence-electron chi connectivity index (χ1n) is 6.72. The van der Waals surface area contributed by atoms with Gasteiger partial charge in [-0.3, -0.25) is 14.1 Å². The van der Waals surface area contributed by atoms with E-state index in [9.17, 15) is 18.0 Å². The van der Waals surface area contributed by atoms with E-state index in [2.05, 4.69) is 0 Å². The lowest BCUT2D eigenvalue weighted by Crippen LogP contribution is -2.03. The van der Waals surface area contributed by atoms with Crippen LogP contribution in [0.5, 0.6) is 0 Å². The van der Waals surface area contributed by atoms with Crippen molar-refractivity contribution in [3.63, 3.8) is 0 Å². The third kappa shape index (κ3) is 6.68. The molecule has 0 bridgehead atoms. The van der Waals surface area contributed by atoms with Crippen molar-refractivity contribution >= 4 is 22.1 Å². The molecule has 0 heterocycles. The molecule has 0 saturated carbocycles. The van der Waals surface area contributed by atoms with Crippen LogP contribution in [0, 0.1) is 0 Å². The van der Waals surface area contributed by atoms with Crippen LogP contribution in [-0.4, -0.2) is 35.1 Å². The Labute approximate surface area is 128 Å². The zero-order chi connectivity index (χ0) is 16.8. The number of aliphatic carboxylic acids is 2. The van der Waals surface area contributed by atoms with Gasteiger partial charge in [0, 0.05) is 12.8 Å². The average molecular weight is 330 g/mol. The molecule has 3 N–H and O–H groups in total. The van der Waals surface area contributed by atoms with Crippen molar-refractivity contribution in [1.82, 2.24) is 0 Å². The highest BCUT2D eigenvalue weighted by atomic mass is 32.2. The molecule has 0 aliphatic rings. The van der Waals surface area contributed by atoms with Crippen molar-refractivity contribution in [2.75, 3.05) is 0 Å².